The highest BCUT2D eigenvalue weighted by Crippen LogP contribution is 2.26. The molecule has 2 aromatic rings. The molecule has 0 aromatic heterocycles. The Morgan fingerprint density at radius 1 is 1.25 bits per heavy atom. The van der Waals surface area contributed by atoms with E-state index in [2.05, 4.69) is 10.6 Å². The lowest BCUT2D eigenvalue weighted by atomic mass is 10.1. The van der Waals surface area contributed by atoms with Gasteiger partial charge in [-0.3, -0.25) is 0 Å². The van der Waals surface area contributed by atoms with Gasteiger partial charge < -0.3 is 15.7 Å². The Hall–Kier alpha value is -1.81. The van der Waals surface area contributed by atoms with Crippen LogP contribution in [0.2, 0.25) is 0 Å². The number of hydrogen-bond donors (Lipinski definition) is 3. The summed E-state index contributed by atoms with van der Waals surface area (Å²) >= 11 is 5.01. The number of anilines is 1. The highest BCUT2D eigenvalue weighted by Gasteiger charge is 2.01. The van der Waals surface area contributed by atoms with Crippen molar-refractivity contribution < 1.29 is 5.11 Å². The molecule has 0 fully saturated rings. The third kappa shape index (κ3) is 2.06. The zero-order valence-corrected chi connectivity index (χ0v) is 9.64. The molecule has 0 spiro atoms. The lowest BCUT2D eigenvalue weighted by Crippen LogP contribution is -2.23. The van der Waals surface area contributed by atoms with Crippen LogP contribution in [0.5, 0.6) is 5.75 Å². The van der Waals surface area contributed by atoms with Crippen molar-refractivity contribution in [2.24, 2.45) is 0 Å². The Bertz CT molecular complexity index is 540. The average Bonchev–Trinajstić information content (AvgIpc) is 2.29. The molecule has 3 N–H and O–H groups in total. The van der Waals surface area contributed by atoms with Crippen molar-refractivity contribution in [3.05, 3.63) is 36.4 Å². The topological polar surface area (TPSA) is 44.3 Å². The fourth-order valence-electron chi connectivity index (χ4n) is 1.54. The summed E-state index contributed by atoms with van der Waals surface area (Å²) in [4.78, 5) is 0. The number of nitrogens with one attached hydrogen (secondary N) is 2. The molecule has 2 rings (SSSR count). The molecule has 0 heterocycles. The van der Waals surface area contributed by atoms with Crippen LogP contribution in [0, 0.1) is 0 Å². The molecule has 82 valence electrons. The van der Waals surface area contributed by atoms with Gasteiger partial charge in [0.25, 0.3) is 0 Å². The summed E-state index contributed by atoms with van der Waals surface area (Å²) in [5.41, 5.74) is 0.900. The van der Waals surface area contributed by atoms with E-state index in [-0.39, 0.29) is 0 Å². The first-order valence-corrected chi connectivity index (χ1v) is 5.32. The summed E-state index contributed by atoms with van der Waals surface area (Å²) in [6, 6.07) is 11.1. The van der Waals surface area contributed by atoms with E-state index in [0.717, 1.165) is 16.5 Å². The highest BCUT2D eigenvalue weighted by atomic mass is 32.1. The van der Waals surface area contributed by atoms with E-state index < -0.39 is 0 Å². The Kier molecular flexibility index (Phi) is 2.92. The van der Waals surface area contributed by atoms with E-state index in [1.807, 2.05) is 30.3 Å². The molecule has 0 radical (unpaired) electrons. The van der Waals surface area contributed by atoms with E-state index in [9.17, 15) is 5.11 Å². The lowest BCUT2D eigenvalue weighted by Gasteiger charge is -2.08. The van der Waals surface area contributed by atoms with Crippen LogP contribution in [0.4, 0.5) is 5.69 Å². The van der Waals surface area contributed by atoms with Gasteiger partial charge in [-0.1, -0.05) is 12.1 Å². The minimum Gasteiger partial charge on any atom is -0.507 e. The predicted molar refractivity (Wildman–Crippen MR) is 70.9 cm³/mol. The van der Waals surface area contributed by atoms with E-state index in [0.29, 0.717) is 10.9 Å². The van der Waals surface area contributed by atoms with Gasteiger partial charge in [-0.15, -0.1) is 0 Å². The van der Waals surface area contributed by atoms with E-state index in [4.69, 9.17) is 12.2 Å². The monoisotopic (exact) mass is 232 g/mol. The van der Waals surface area contributed by atoms with Crippen LogP contribution in [0.3, 0.4) is 0 Å². The fraction of sp³-hybridized carbons (Fsp3) is 0.0833. The quantitative estimate of drug-likeness (QED) is 0.661. The van der Waals surface area contributed by atoms with Gasteiger partial charge >= 0.3 is 0 Å². The van der Waals surface area contributed by atoms with Gasteiger partial charge in [0.15, 0.2) is 5.11 Å². The predicted octanol–water partition coefficient (Wildman–Crippen LogP) is 2.46. The summed E-state index contributed by atoms with van der Waals surface area (Å²) in [7, 11) is 1.77. The van der Waals surface area contributed by atoms with Gasteiger partial charge in [0.2, 0.25) is 0 Å². The molecule has 0 amide bonds. The molecule has 0 aliphatic carbocycles. The Morgan fingerprint density at radius 3 is 2.81 bits per heavy atom. The molecule has 16 heavy (non-hydrogen) atoms. The number of benzene rings is 2. The number of fused-ring (bicyclic) bond motifs is 1. The molecule has 0 bridgehead atoms. The number of aromatic hydroxyl groups is 1. The Balaban J connectivity index is 2.41. The Labute approximate surface area is 99.1 Å². The zero-order chi connectivity index (χ0) is 11.5. The molecule has 0 aliphatic rings. The SMILES string of the molecule is CNC(=S)Nc1ccc2c(O)cccc2c1. The minimum atomic E-state index is 0.292. The van der Waals surface area contributed by atoms with Gasteiger partial charge in [-0.2, -0.15) is 0 Å². The van der Waals surface area contributed by atoms with Gasteiger partial charge in [0, 0.05) is 18.1 Å². The third-order valence-corrected chi connectivity index (χ3v) is 2.65. The minimum absolute atomic E-state index is 0.292. The molecule has 0 saturated heterocycles. The van der Waals surface area contributed by atoms with Crippen LogP contribution in [-0.2, 0) is 0 Å². The van der Waals surface area contributed by atoms with Crippen molar-refractivity contribution >= 4 is 33.8 Å². The molecule has 0 saturated carbocycles. The van der Waals surface area contributed by atoms with Crippen LogP contribution in [0.15, 0.2) is 36.4 Å². The number of hydrogen-bond acceptors (Lipinski definition) is 2. The fourth-order valence-corrected chi connectivity index (χ4v) is 1.66. The molecular weight excluding hydrogens is 220 g/mol. The highest BCUT2D eigenvalue weighted by molar-refractivity contribution is 7.80. The zero-order valence-electron chi connectivity index (χ0n) is 8.82. The van der Waals surface area contributed by atoms with Gasteiger partial charge in [0.1, 0.15) is 5.75 Å². The maximum atomic E-state index is 9.63. The number of rotatable bonds is 1. The second kappa shape index (κ2) is 4.37. The normalized spacial score (nSPS) is 10.1. The van der Waals surface area contributed by atoms with Gasteiger partial charge in [-0.25, -0.2) is 0 Å². The molecule has 0 atom stereocenters. The van der Waals surface area contributed by atoms with Crippen molar-refractivity contribution in [3.63, 3.8) is 0 Å². The number of thiocarbonyl (C=S) groups is 1. The largest absolute Gasteiger partial charge is 0.507 e. The molecule has 2 aromatic carbocycles. The molecular formula is C12H12N2OS. The van der Waals surface area contributed by atoms with Crippen LogP contribution < -0.4 is 10.6 Å². The first-order valence-electron chi connectivity index (χ1n) is 4.91. The standard InChI is InChI=1S/C12H12N2OS/c1-13-12(16)14-9-5-6-10-8(7-9)3-2-4-11(10)15/h2-7,15H,1H3,(H2,13,14,16). The summed E-state index contributed by atoms with van der Waals surface area (Å²) in [6.07, 6.45) is 0. The van der Waals surface area contributed by atoms with Gasteiger partial charge in [0.05, 0.1) is 0 Å². The third-order valence-electron chi connectivity index (χ3n) is 2.34. The molecule has 0 aliphatic heterocycles. The molecule has 3 nitrogen and oxygen atoms in total. The van der Waals surface area contributed by atoms with E-state index in [1.54, 1.807) is 13.1 Å². The summed E-state index contributed by atoms with van der Waals surface area (Å²) < 4.78 is 0. The van der Waals surface area contributed by atoms with Gasteiger partial charge in [-0.05, 0) is 41.9 Å². The maximum absolute atomic E-state index is 9.63. The summed E-state index contributed by atoms with van der Waals surface area (Å²) in [6.45, 7) is 0. The second-order valence-corrected chi connectivity index (χ2v) is 3.83. The first kappa shape index (κ1) is 10.7. The second-order valence-electron chi connectivity index (χ2n) is 3.42. The van der Waals surface area contributed by atoms with Crippen molar-refractivity contribution in [3.8, 4) is 5.75 Å². The smallest absolute Gasteiger partial charge is 0.170 e. The van der Waals surface area contributed by atoms with Crippen LogP contribution in [0.1, 0.15) is 0 Å². The van der Waals surface area contributed by atoms with Crippen LogP contribution >= 0.6 is 12.2 Å². The summed E-state index contributed by atoms with van der Waals surface area (Å²) in [5.74, 6) is 0.292. The van der Waals surface area contributed by atoms with Crippen LogP contribution in [-0.4, -0.2) is 17.3 Å². The van der Waals surface area contributed by atoms with Crippen molar-refractivity contribution in [2.75, 3.05) is 12.4 Å². The summed E-state index contributed by atoms with van der Waals surface area (Å²) in [5, 5.41) is 17.9. The maximum Gasteiger partial charge on any atom is 0.170 e. The van der Waals surface area contributed by atoms with Crippen LogP contribution in [0.25, 0.3) is 10.8 Å². The number of phenolic OH excluding ortho intramolecular Hbond substituents is 1. The molecule has 4 heteroatoms. The van der Waals surface area contributed by atoms with Crippen molar-refractivity contribution in [1.82, 2.24) is 5.32 Å². The lowest BCUT2D eigenvalue weighted by molar-refractivity contribution is 0.481. The van der Waals surface area contributed by atoms with Crippen molar-refractivity contribution in [1.29, 1.82) is 0 Å². The van der Waals surface area contributed by atoms with E-state index in [1.165, 1.54) is 0 Å². The first-order chi connectivity index (χ1) is 7.70. The van der Waals surface area contributed by atoms with E-state index >= 15 is 0 Å². The van der Waals surface area contributed by atoms with Crippen molar-refractivity contribution in [2.45, 2.75) is 0 Å². The average molecular weight is 232 g/mol. The Morgan fingerprint density at radius 2 is 2.06 bits per heavy atom. The molecule has 0 unspecified atom stereocenters. The number of phenols is 1.